The van der Waals surface area contributed by atoms with Gasteiger partial charge in [0.15, 0.2) is 6.29 Å². The summed E-state index contributed by atoms with van der Waals surface area (Å²) in [6, 6.07) is -1.13. The molecule has 0 aromatic heterocycles. The number of carbonyl (C=O) groups excluding carboxylic acids is 1. The van der Waals surface area contributed by atoms with Gasteiger partial charge in [-0.25, -0.2) is 0 Å². The quantitative estimate of drug-likeness (QED) is 0.355. The summed E-state index contributed by atoms with van der Waals surface area (Å²) in [5.74, 6) is -0.468. The highest BCUT2D eigenvalue weighted by Gasteiger charge is 2.51. The van der Waals surface area contributed by atoms with Crippen LogP contribution in [-0.2, 0) is 9.53 Å². The van der Waals surface area contributed by atoms with Crippen LogP contribution >= 0.6 is 0 Å². The Hall–Kier alpha value is -0.730. The standard InChI is InChI=1S/C9H17NO6/c1-4(12)10-6-7(13)9(2,15)5(3-11)16-8(6)14/h5-8,11,13-15H,3H2,1-2H3,(H,10,12)/t5-,6-,7-,8?,9-/m1/s1. The summed E-state index contributed by atoms with van der Waals surface area (Å²) in [4.78, 5) is 10.8. The second-order valence-electron chi connectivity index (χ2n) is 4.09. The first-order valence-electron chi connectivity index (χ1n) is 4.92. The van der Waals surface area contributed by atoms with Crippen LogP contribution in [0.5, 0.6) is 0 Å². The first kappa shape index (κ1) is 13.3. The summed E-state index contributed by atoms with van der Waals surface area (Å²) in [6.07, 6.45) is -4.02. The maximum absolute atomic E-state index is 10.8. The predicted molar refractivity (Wildman–Crippen MR) is 52.2 cm³/mol. The number of rotatable bonds is 2. The second kappa shape index (κ2) is 4.64. The van der Waals surface area contributed by atoms with Crippen LogP contribution < -0.4 is 5.32 Å². The van der Waals surface area contributed by atoms with E-state index in [9.17, 15) is 20.1 Å². The third-order valence-electron chi connectivity index (χ3n) is 2.74. The van der Waals surface area contributed by atoms with Gasteiger partial charge < -0.3 is 30.5 Å². The molecular formula is C9H17NO6. The summed E-state index contributed by atoms with van der Waals surface area (Å²) in [7, 11) is 0. The smallest absolute Gasteiger partial charge is 0.217 e. The molecule has 0 spiro atoms. The maximum atomic E-state index is 10.8. The highest BCUT2D eigenvalue weighted by molar-refractivity contribution is 5.73. The number of aliphatic hydroxyl groups excluding tert-OH is 3. The first-order valence-corrected chi connectivity index (χ1v) is 4.92. The summed E-state index contributed by atoms with van der Waals surface area (Å²) in [6.45, 7) is 1.93. The average Bonchev–Trinajstić information content (AvgIpc) is 2.18. The topological polar surface area (TPSA) is 119 Å². The van der Waals surface area contributed by atoms with Crippen LogP contribution in [0, 0.1) is 0 Å². The van der Waals surface area contributed by atoms with Crippen LogP contribution in [0.3, 0.4) is 0 Å². The molecule has 94 valence electrons. The normalized spacial score (nSPS) is 44.1. The molecule has 5 atom stereocenters. The SMILES string of the molecule is CC(=O)N[C@H]1C(O)O[C@H](CO)[C@@](C)(O)[C@@H]1O. The number of hydrogen-bond donors (Lipinski definition) is 5. The van der Waals surface area contributed by atoms with Gasteiger partial charge in [-0.05, 0) is 6.92 Å². The van der Waals surface area contributed by atoms with E-state index in [2.05, 4.69) is 5.32 Å². The average molecular weight is 235 g/mol. The van der Waals surface area contributed by atoms with Crippen LogP contribution in [0.2, 0.25) is 0 Å². The molecule has 1 rings (SSSR count). The monoisotopic (exact) mass is 235 g/mol. The Labute approximate surface area is 92.7 Å². The number of nitrogens with one attached hydrogen (secondary N) is 1. The molecule has 1 saturated heterocycles. The van der Waals surface area contributed by atoms with Crippen molar-refractivity contribution in [2.24, 2.45) is 0 Å². The lowest BCUT2D eigenvalue weighted by atomic mass is 9.85. The Kier molecular flexibility index (Phi) is 3.87. The van der Waals surface area contributed by atoms with Crippen molar-refractivity contribution < 1.29 is 30.0 Å². The molecule has 0 aromatic carbocycles. The Morgan fingerprint density at radius 1 is 1.50 bits per heavy atom. The maximum Gasteiger partial charge on any atom is 0.217 e. The van der Waals surface area contributed by atoms with Gasteiger partial charge in [0.1, 0.15) is 23.9 Å². The number of aliphatic hydroxyl groups is 4. The van der Waals surface area contributed by atoms with Gasteiger partial charge in [0.25, 0.3) is 0 Å². The van der Waals surface area contributed by atoms with Crippen LogP contribution in [0.4, 0.5) is 0 Å². The summed E-state index contributed by atoms with van der Waals surface area (Å²) in [5, 5.41) is 40.4. The highest BCUT2D eigenvalue weighted by atomic mass is 16.6. The number of amides is 1. The van der Waals surface area contributed by atoms with Crippen LogP contribution in [0.15, 0.2) is 0 Å². The third-order valence-corrected chi connectivity index (χ3v) is 2.74. The molecule has 1 heterocycles. The minimum atomic E-state index is -1.75. The summed E-state index contributed by atoms with van der Waals surface area (Å²) in [5.41, 5.74) is -1.75. The van der Waals surface area contributed by atoms with E-state index in [0.29, 0.717) is 0 Å². The van der Waals surface area contributed by atoms with Gasteiger partial charge in [0, 0.05) is 6.92 Å². The molecule has 0 aromatic rings. The van der Waals surface area contributed by atoms with Crippen LogP contribution in [0.1, 0.15) is 13.8 Å². The van der Waals surface area contributed by atoms with Crippen molar-refractivity contribution in [3.63, 3.8) is 0 Å². The lowest BCUT2D eigenvalue weighted by molar-refractivity contribution is -0.287. The van der Waals surface area contributed by atoms with E-state index >= 15 is 0 Å². The fourth-order valence-electron chi connectivity index (χ4n) is 1.71. The zero-order valence-electron chi connectivity index (χ0n) is 9.12. The molecule has 16 heavy (non-hydrogen) atoms. The number of ether oxygens (including phenoxy) is 1. The van der Waals surface area contributed by atoms with Crippen molar-refractivity contribution in [1.82, 2.24) is 5.32 Å². The van der Waals surface area contributed by atoms with E-state index in [-0.39, 0.29) is 0 Å². The van der Waals surface area contributed by atoms with Crippen molar-refractivity contribution in [1.29, 1.82) is 0 Å². The Bertz CT molecular complexity index is 269. The van der Waals surface area contributed by atoms with Gasteiger partial charge in [-0.15, -0.1) is 0 Å². The molecule has 7 heteroatoms. The minimum Gasteiger partial charge on any atom is -0.394 e. The van der Waals surface area contributed by atoms with E-state index in [1.807, 2.05) is 0 Å². The molecular weight excluding hydrogens is 218 g/mol. The molecule has 0 saturated carbocycles. The van der Waals surface area contributed by atoms with Crippen molar-refractivity contribution in [2.45, 2.75) is 44.0 Å². The molecule has 1 amide bonds. The largest absolute Gasteiger partial charge is 0.394 e. The zero-order chi connectivity index (χ0) is 12.5. The Morgan fingerprint density at radius 2 is 2.06 bits per heavy atom. The van der Waals surface area contributed by atoms with Crippen molar-refractivity contribution in [3.05, 3.63) is 0 Å². The molecule has 5 N–H and O–H groups in total. The lowest BCUT2D eigenvalue weighted by Gasteiger charge is -2.46. The fourth-order valence-corrected chi connectivity index (χ4v) is 1.71. The molecule has 0 aliphatic carbocycles. The summed E-state index contributed by atoms with van der Waals surface area (Å²) >= 11 is 0. The van der Waals surface area contributed by atoms with Gasteiger partial charge in [0.05, 0.1) is 6.61 Å². The Balaban J connectivity index is 2.86. The molecule has 0 radical (unpaired) electrons. The van der Waals surface area contributed by atoms with Gasteiger partial charge in [-0.3, -0.25) is 4.79 Å². The minimum absolute atomic E-state index is 0.468. The van der Waals surface area contributed by atoms with Gasteiger partial charge in [-0.2, -0.15) is 0 Å². The van der Waals surface area contributed by atoms with E-state index in [0.717, 1.165) is 0 Å². The molecule has 1 fully saturated rings. The third kappa shape index (κ3) is 2.33. The van der Waals surface area contributed by atoms with E-state index in [1.165, 1.54) is 13.8 Å². The molecule has 1 aliphatic rings. The van der Waals surface area contributed by atoms with E-state index in [1.54, 1.807) is 0 Å². The Morgan fingerprint density at radius 3 is 2.50 bits per heavy atom. The predicted octanol–water partition coefficient (Wildman–Crippen LogP) is -2.69. The zero-order valence-corrected chi connectivity index (χ0v) is 9.12. The highest BCUT2D eigenvalue weighted by Crippen LogP contribution is 2.28. The van der Waals surface area contributed by atoms with E-state index in [4.69, 9.17) is 9.84 Å². The van der Waals surface area contributed by atoms with Gasteiger partial charge in [-0.1, -0.05) is 0 Å². The van der Waals surface area contributed by atoms with Crippen molar-refractivity contribution in [2.75, 3.05) is 6.61 Å². The fraction of sp³-hybridized carbons (Fsp3) is 0.889. The van der Waals surface area contributed by atoms with E-state index < -0.39 is 42.7 Å². The molecule has 1 aliphatic heterocycles. The van der Waals surface area contributed by atoms with Crippen LogP contribution in [-0.4, -0.2) is 63.1 Å². The molecule has 1 unspecified atom stereocenters. The number of carbonyl (C=O) groups is 1. The van der Waals surface area contributed by atoms with Gasteiger partial charge >= 0.3 is 0 Å². The molecule has 0 bridgehead atoms. The van der Waals surface area contributed by atoms with Gasteiger partial charge in [0.2, 0.25) is 5.91 Å². The van der Waals surface area contributed by atoms with Crippen molar-refractivity contribution in [3.8, 4) is 0 Å². The second-order valence-corrected chi connectivity index (χ2v) is 4.09. The molecule has 7 nitrogen and oxygen atoms in total. The summed E-state index contributed by atoms with van der Waals surface area (Å²) < 4.78 is 4.92. The first-order chi connectivity index (χ1) is 7.30. The van der Waals surface area contributed by atoms with Crippen LogP contribution in [0.25, 0.3) is 0 Å². The van der Waals surface area contributed by atoms with Crippen molar-refractivity contribution >= 4 is 5.91 Å². The number of hydrogen-bond acceptors (Lipinski definition) is 6. The lowest BCUT2D eigenvalue weighted by Crippen LogP contribution is -2.69.